The first kappa shape index (κ1) is 21.8. The lowest BCUT2D eigenvalue weighted by Gasteiger charge is -2.11. The van der Waals surface area contributed by atoms with E-state index in [2.05, 4.69) is 5.32 Å². The second-order valence-electron chi connectivity index (χ2n) is 6.94. The van der Waals surface area contributed by atoms with Crippen molar-refractivity contribution in [3.05, 3.63) is 20.8 Å². The van der Waals surface area contributed by atoms with Gasteiger partial charge in [-0.05, 0) is 44.6 Å². The van der Waals surface area contributed by atoms with Crippen molar-refractivity contribution >= 4 is 45.2 Å². The molecule has 1 aliphatic carbocycles. The average Bonchev–Trinajstić information content (AvgIpc) is 3.27. The van der Waals surface area contributed by atoms with Crippen molar-refractivity contribution in [1.82, 2.24) is 14.9 Å². The van der Waals surface area contributed by atoms with E-state index < -0.39 is 0 Å². The zero-order valence-corrected chi connectivity index (χ0v) is 18.5. The van der Waals surface area contributed by atoms with Gasteiger partial charge >= 0.3 is 5.97 Å². The van der Waals surface area contributed by atoms with E-state index in [1.54, 1.807) is 22.8 Å². The van der Waals surface area contributed by atoms with E-state index in [1.807, 2.05) is 6.92 Å². The molecule has 0 radical (unpaired) electrons. The fraction of sp³-hybridized carbons (Fsp3) is 0.600. The van der Waals surface area contributed by atoms with Crippen LogP contribution in [0.3, 0.4) is 0 Å². The van der Waals surface area contributed by atoms with E-state index in [-0.39, 0.29) is 23.2 Å². The fourth-order valence-corrected chi connectivity index (χ4v) is 5.62. The van der Waals surface area contributed by atoms with Crippen LogP contribution in [0, 0.1) is 0 Å². The van der Waals surface area contributed by atoms with Crippen LogP contribution in [0.1, 0.15) is 50.0 Å². The highest BCUT2D eigenvalue weighted by Gasteiger charge is 2.23. The number of aryl methyl sites for hydroxylation is 2. The summed E-state index contributed by atoms with van der Waals surface area (Å²) in [7, 11) is 0. The summed E-state index contributed by atoms with van der Waals surface area (Å²) in [5.74, 6) is -0.198. The molecule has 0 aromatic carbocycles. The van der Waals surface area contributed by atoms with Gasteiger partial charge in [-0.3, -0.25) is 19.0 Å². The highest BCUT2D eigenvalue weighted by atomic mass is 32.2. The van der Waals surface area contributed by atoms with Gasteiger partial charge in [-0.25, -0.2) is 4.98 Å². The zero-order valence-electron chi connectivity index (χ0n) is 16.9. The topological polar surface area (TPSA) is 90.3 Å². The summed E-state index contributed by atoms with van der Waals surface area (Å²) in [6.45, 7) is 5.18. The van der Waals surface area contributed by atoms with Crippen LogP contribution in [0.25, 0.3) is 10.2 Å². The van der Waals surface area contributed by atoms with E-state index in [9.17, 15) is 14.4 Å². The highest BCUT2D eigenvalue weighted by molar-refractivity contribution is 7.99. The number of hydrogen-bond acceptors (Lipinski definition) is 7. The molecule has 9 heteroatoms. The molecule has 0 saturated heterocycles. The Kier molecular flexibility index (Phi) is 7.71. The summed E-state index contributed by atoms with van der Waals surface area (Å²) in [5.41, 5.74) is 1.21. The van der Waals surface area contributed by atoms with Crippen molar-refractivity contribution in [2.24, 2.45) is 0 Å². The van der Waals surface area contributed by atoms with Crippen LogP contribution in [0.5, 0.6) is 0 Å². The van der Waals surface area contributed by atoms with Gasteiger partial charge in [0, 0.05) is 24.4 Å². The van der Waals surface area contributed by atoms with Gasteiger partial charge in [0.2, 0.25) is 5.91 Å². The minimum atomic E-state index is -0.250. The lowest BCUT2D eigenvalue weighted by molar-refractivity contribution is -0.143. The molecule has 0 fully saturated rings. The van der Waals surface area contributed by atoms with Gasteiger partial charge in [-0.2, -0.15) is 0 Å². The van der Waals surface area contributed by atoms with E-state index in [0.29, 0.717) is 37.7 Å². The first-order valence-corrected chi connectivity index (χ1v) is 12.0. The van der Waals surface area contributed by atoms with Crippen molar-refractivity contribution in [2.75, 3.05) is 18.9 Å². The SMILES string of the molecule is CCCn1c(SCC(=O)NCCCC(=O)OCC)nc2sc3c(c2c1=O)CCC3. The van der Waals surface area contributed by atoms with Gasteiger partial charge in [0.25, 0.3) is 5.56 Å². The number of aromatic nitrogens is 2. The van der Waals surface area contributed by atoms with Gasteiger partial charge in [0.1, 0.15) is 4.83 Å². The fourth-order valence-electron chi connectivity index (χ4n) is 3.46. The largest absolute Gasteiger partial charge is 0.466 e. The van der Waals surface area contributed by atoms with Crippen LogP contribution in [-0.4, -0.2) is 40.3 Å². The number of hydrogen-bond donors (Lipinski definition) is 1. The van der Waals surface area contributed by atoms with Crippen LogP contribution in [-0.2, 0) is 33.7 Å². The van der Waals surface area contributed by atoms with E-state index in [0.717, 1.165) is 35.9 Å². The third kappa shape index (κ3) is 5.19. The molecular formula is C20H27N3O4S2. The second-order valence-corrected chi connectivity index (χ2v) is 8.96. The Labute approximate surface area is 178 Å². The zero-order chi connectivity index (χ0) is 20.8. The Balaban J connectivity index is 1.63. The number of thiophene rings is 1. The molecule has 2 aromatic rings. The Morgan fingerprint density at radius 2 is 2.14 bits per heavy atom. The quantitative estimate of drug-likeness (QED) is 0.266. The van der Waals surface area contributed by atoms with Crippen molar-refractivity contribution in [1.29, 1.82) is 0 Å². The number of fused-ring (bicyclic) bond motifs is 3. The van der Waals surface area contributed by atoms with Crippen LogP contribution in [0.15, 0.2) is 9.95 Å². The number of nitrogens with zero attached hydrogens (tertiary/aromatic N) is 2. The molecule has 29 heavy (non-hydrogen) atoms. The summed E-state index contributed by atoms with van der Waals surface area (Å²) in [4.78, 5) is 43.4. The highest BCUT2D eigenvalue weighted by Crippen LogP contribution is 2.35. The first-order valence-electron chi connectivity index (χ1n) is 10.1. The molecule has 1 N–H and O–H groups in total. The number of esters is 1. The normalized spacial score (nSPS) is 12.9. The van der Waals surface area contributed by atoms with Crippen molar-refractivity contribution < 1.29 is 14.3 Å². The predicted octanol–water partition coefficient (Wildman–Crippen LogP) is 2.91. The maximum Gasteiger partial charge on any atom is 0.305 e. The van der Waals surface area contributed by atoms with Gasteiger partial charge in [-0.1, -0.05) is 18.7 Å². The third-order valence-electron chi connectivity index (χ3n) is 4.75. The van der Waals surface area contributed by atoms with Crippen LogP contribution >= 0.6 is 23.1 Å². The molecule has 7 nitrogen and oxygen atoms in total. The Bertz CT molecular complexity index is 951. The van der Waals surface area contributed by atoms with Gasteiger partial charge in [-0.15, -0.1) is 11.3 Å². The van der Waals surface area contributed by atoms with Crippen LogP contribution < -0.4 is 10.9 Å². The van der Waals surface area contributed by atoms with Crippen LogP contribution in [0.4, 0.5) is 0 Å². The molecule has 0 spiro atoms. The molecule has 0 unspecified atom stereocenters. The molecule has 2 aromatic heterocycles. The predicted molar refractivity (Wildman–Crippen MR) is 116 cm³/mol. The van der Waals surface area contributed by atoms with Crippen molar-refractivity contribution in [3.63, 3.8) is 0 Å². The molecule has 158 valence electrons. The summed E-state index contributed by atoms with van der Waals surface area (Å²) in [6, 6.07) is 0. The van der Waals surface area contributed by atoms with E-state index in [1.165, 1.54) is 22.2 Å². The Morgan fingerprint density at radius 3 is 2.90 bits per heavy atom. The first-order chi connectivity index (χ1) is 14.0. The summed E-state index contributed by atoms with van der Waals surface area (Å²) in [6.07, 6.45) is 4.75. The van der Waals surface area contributed by atoms with Crippen LogP contribution in [0.2, 0.25) is 0 Å². The number of amides is 1. The smallest absolute Gasteiger partial charge is 0.305 e. The minimum Gasteiger partial charge on any atom is -0.466 e. The molecule has 2 heterocycles. The molecule has 1 amide bonds. The summed E-state index contributed by atoms with van der Waals surface area (Å²) < 4.78 is 6.58. The number of nitrogens with one attached hydrogen (secondary N) is 1. The number of thioether (sulfide) groups is 1. The monoisotopic (exact) mass is 437 g/mol. The maximum atomic E-state index is 13.1. The number of carbonyl (C=O) groups is 2. The lowest BCUT2D eigenvalue weighted by Crippen LogP contribution is -2.28. The van der Waals surface area contributed by atoms with E-state index >= 15 is 0 Å². The lowest BCUT2D eigenvalue weighted by atomic mass is 10.2. The second kappa shape index (κ2) is 10.2. The van der Waals surface area contributed by atoms with Gasteiger partial charge in [0.05, 0.1) is 17.7 Å². The molecule has 0 aliphatic heterocycles. The molecular weight excluding hydrogens is 410 g/mol. The number of carbonyl (C=O) groups excluding carboxylic acids is 2. The molecule has 0 bridgehead atoms. The minimum absolute atomic E-state index is 0.0218. The number of ether oxygens (including phenoxy) is 1. The maximum absolute atomic E-state index is 13.1. The Hall–Kier alpha value is -1.87. The van der Waals surface area contributed by atoms with Crippen molar-refractivity contribution in [3.8, 4) is 0 Å². The molecule has 0 atom stereocenters. The van der Waals surface area contributed by atoms with Gasteiger partial charge in [0.15, 0.2) is 5.16 Å². The summed E-state index contributed by atoms with van der Waals surface area (Å²) >= 11 is 2.91. The Morgan fingerprint density at radius 1 is 1.31 bits per heavy atom. The standard InChI is InChI=1S/C20H27N3O4S2/c1-3-11-23-19(26)17-13-7-5-8-14(13)29-18(17)22-20(23)28-12-15(24)21-10-6-9-16(25)27-4-2/h3-12H2,1-2H3,(H,21,24). The molecule has 0 saturated carbocycles. The molecule has 1 aliphatic rings. The summed E-state index contributed by atoms with van der Waals surface area (Å²) in [5, 5.41) is 4.19. The third-order valence-corrected chi connectivity index (χ3v) is 6.92. The van der Waals surface area contributed by atoms with Gasteiger partial charge < -0.3 is 10.1 Å². The van der Waals surface area contributed by atoms with E-state index in [4.69, 9.17) is 9.72 Å². The van der Waals surface area contributed by atoms with Crippen molar-refractivity contribution in [2.45, 2.75) is 64.1 Å². The average molecular weight is 438 g/mol. The number of rotatable bonds is 10. The molecule has 3 rings (SSSR count).